The first kappa shape index (κ1) is 24.5. The number of carboxylic acids is 1. The molecule has 4 nitrogen and oxygen atoms in total. The molecular formula is C28H48O4. The summed E-state index contributed by atoms with van der Waals surface area (Å²) in [6.07, 6.45) is 12.2. The van der Waals surface area contributed by atoms with E-state index in [9.17, 15) is 15.0 Å². The van der Waals surface area contributed by atoms with Gasteiger partial charge in [-0.15, -0.1) is 0 Å². The molecule has 5 aliphatic carbocycles. The minimum Gasteiger partial charge on any atom is -0.481 e. The Kier molecular flexibility index (Phi) is 6.55. The van der Waals surface area contributed by atoms with Crippen molar-refractivity contribution in [2.75, 3.05) is 0 Å². The van der Waals surface area contributed by atoms with Gasteiger partial charge in [-0.25, -0.2) is 0 Å². The van der Waals surface area contributed by atoms with E-state index in [1.54, 1.807) is 13.8 Å². The Bertz CT molecular complexity index is 703. The Morgan fingerprint density at radius 2 is 1.44 bits per heavy atom. The van der Waals surface area contributed by atoms with Crippen LogP contribution >= 0.6 is 0 Å². The third-order valence-electron chi connectivity index (χ3n) is 11.5. The van der Waals surface area contributed by atoms with Crippen LogP contribution in [0.3, 0.4) is 0 Å². The fourth-order valence-corrected chi connectivity index (χ4v) is 10.2. The number of carbonyl (C=O) groups is 1. The highest BCUT2D eigenvalue weighted by molar-refractivity contribution is 5.75. The van der Waals surface area contributed by atoms with Crippen LogP contribution < -0.4 is 0 Å². The molecule has 0 aromatic heterocycles. The van der Waals surface area contributed by atoms with E-state index in [1.165, 1.54) is 32.1 Å². The summed E-state index contributed by atoms with van der Waals surface area (Å²) in [6, 6.07) is 0. The topological polar surface area (TPSA) is 77.8 Å². The number of rotatable bonds is 1. The maximum absolute atomic E-state index is 12.3. The predicted octanol–water partition coefficient (Wildman–Crippen LogP) is 5.89. The van der Waals surface area contributed by atoms with Crippen molar-refractivity contribution in [2.24, 2.45) is 51.8 Å². The molecule has 5 fully saturated rings. The number of fused-ring (bicyclic) bond motifs is 7. The van der Waals surface area contributed by atoms with E-state index < -0.39 is 11.4 Å². The number of hydrogen-bond acceptors (Lipinski definition) is 3. The van der Waals surface area contributed by atoms with Gasteiger partial charge in [-0.05, 0) is 124 Å². The number of hydrogen-bond donors (Lipinski definition) is 3. The van der Waals surface area contributed by atoms with Crippen LogP contribution in [-0.2, 0) is 4.79 Å². The lowest BCUT2D eigenvalue weighted by Gasteiger charge is -2.67. The monoisotopic (exact) mass is 448 g/mol. The van der Waals surface area contributed by atoms with Crippen LogP contribution in [0.2, 0.25) is 0 Å². The first-order valence-corrected chi connectivity index (χ1v) is 13.6. The molecule has 5 aliphatic rings. The molecule has 5 saturated carbocycles. The van der Waals surface area contributed by atoms with Gasteiger partial charge in [-0.1, -0.05) is 27.2 Å². The fourth-order valence-electron chi connectivity index (χ4n) is 10.2. The molecule has 0 aliphatic heterocycles. The van der Waals surface area contributed by atoms with Gasteiger partial charge in [-0.3, -0.25) is 4.79 Å². The highest BCUT2D eigenvalue weighted by atomic mass is 16.4. The fraction of sp³-hybridized carbons (Fsp3) is 0.964. The first-order valence-electron chi connectivity index (χ1n) is 13.6. The highest BCUT2D eigenvalue weighted by Gasteiger charge is 2.65. The van der Waals surface area contributed by atoms with E-state index in [0.717, 1.165) is 50.4 Å². The smallest absolute Gasteiger partial charge is 0.309 e. The van der Waals surface area contributed by atoms with Gasteiger partial charge in [0.15, 0.2) is 0 Å². The molecule has 0 aromatic rings. The average molecular weight is 449 g/mol. The number of aliphatic hydroxyl groups excluding tert-OH is 2. The van der Waals surface area contributed by atoms with E-state index in [2.05, 4.69) is 20.8 Å². The van der Waals surface area contributed by atoms with Crippen molar-refractivity contribution in [3.8, 4) is 0 Å². The minimum atomic E-state index is -0.494. The molecule has 0 spiro atoms. The predicted molar refractivity (Wildman–Crippen MR) is 127 cm³/mol. The van der Waals surface area contributed by atoms with E-state index in [1.807, 2.05) is 0 Å². The van der Waals surface area contributed by atoms with Crippen molar-refractivity contribution < 1.29 is 20.1 Å². The van der Waals surface area contributed by atoms with E-state index >= 15 is 0 Å². The van der Waals surface area contributed by atoms with Crippen LogP contribution in [0, 0.1) is 51.8 Å². The van der Waals surface area contributed by atoms with Crippen LogP contribution in [0.25, 0.3) is 0 Å². The molecule has 0 heterocycles. The molecule has 10 unspecified atom stereocenters. The van der Waals surface area contributed by atoms with Gasteiger partial charge in [0.25, 0.3) is 0 Å². The lowest BCUT2D eigenvalue weighted by molar-refractivity contribution is -0.199. The van der Waals surface area contributed by atoms with E-state index in [4.69, 9.17) is 5.11 Å². The zero-order chi connectivity index (χ0) is 23.5. The lowest BCUT2D eigenvalue weighted by Crippen LogP contribution is -2.61. The van der Waals surface area contributed by atoms with Crippen LogP contribution in [-0.4, -0.2) is 33.5 Å². The largest absolute Gasteiger partial charge is 0.481 e. The Hall–Kier alpha value is -0.610. The van der Waals surface area contributed by atoms with Crippen LogP contribution in [0.4, 0.5) is 0 Å². The van der Waals surface area contributed by atoms with E-state index in [-0.39, 0.29) is 12.2 Å². The van der Waals surface area contributed by atoms with Crippen molar-refractivity contribution in [2.45, 2.75) is 117 Å². The summed E-state index contributed by atoms with van der Waals surface area (Å²) in [7, 11) is 0. The Morgan fingerprint density at radius 3 is 2.09 bits per heavy atom. The highest BCUT2D eigenvalue weighted by Crippen LogP contribution is 2.71. The second-order valence-corrected chi connectivity index (χ2v) is 13.1. The molecule has 32 heavy (non-hydrogen) atoms. The summed E-state index contributed by atoms with van der Waals surface area (Å²) in [4.78, 5) is 12.3. The second kappa shape index (κ2) is 8.56. The molecule has 10 atom stereocenters. The minimum absolute atomic E-state index is 0.108. The lowest BCUT2D eigenvalue weighted by atomic mass is 9.37. The average Bonchev–Trinajstić information content (AvgIpc) is 3.16. The van der Waals surface area contributed by atoms with Gasteiger partial charge in [0, 0.05) is 6.10 Å². The van der Waals surface area contributed by atoms with Gasteiger partial charge < -0.3 is 15.3 Å². The molecule has 0 amide bonds. The molecule has 0 saturated heterocycles. The standard InChI is InChI=1S/C25H40O3.C3H8O/c1-15-17-8-12-24(3)18-9-14-25(22(27)28)11-4-5-19(25)16(18)6-7-21(24)23(17,2)13-10-20(15)26;1-3(2)4/h15-21,26H,4-14H2,1-3H3,(H,27,28);3-4H,1-2H3. The zero-order valence-corrected chi connectivity index (χ0v) is 21.1. The van der Waals surface area contributed by atoms with Crippen LogP contribution in [0.15, 0.2) is 0 Å². The van der Waals surface area contributed by atoms with Gasteiger partial charge in [0.1, 0.15) is 0 Å². The van der Waals surface area contributed by atoms with Crippen molar-refractivity contribution in [3.05, 3.63) is 0 Å². The Labute approximate surface area is 195 Å². The molecular weight excluding hydrogens is 400 g/mol. The summed E-state index contributed by atoms with van der Waals surface area (Å²) in [5.74, 6) is 3.15. The maximum atomic E-state index is 12.3. The van der Waals surface area contributed by atoms with Crippen molar-refractivity contribution >= 4 is 5.97 Å². The molecule has 0 bridgehead atoms. The summed E-state index contributed by atoms with van der Waals surface area (Å²) < 4.78 is 0. The third kappa shape index (κ3) is 3.58. The number of aliphatic carboxylic acids is 1. The normalized spacial score (nSPS) is 52.1. The van der Waals surface area contributed by atoms with E-state index in [0.29, 0.717) is 34.5 Å². The number of carboxylic acid groups (broad SMARTS) is 1. The molecule has 0 radical (unpaired) electrons. The molecule has 0 aromatic carbocycles. The van der Waals surface area contributed by atoms with Crippen molar-refractivity contribution in [1.82, 2.24) is 0 Å². The van der Waals surface area contributed by atoms with Gasteiger partial charge >= 0.3 is 5.97 Å². The van der Waals surface area contributed by atoms with Crippen LogP contribution in [0.5, 0.6) is 0 Å². The SMILES string of the molecule is CC(C)O.CC1C(O)CCC2(C)C1CCC1(C)C3CCC4(C(=O)O)CCCC4C3CCC21. The summed E-state index contributed by atoms with van der Waals surface area (Å²) in [5, 5.41) is 28.7. The molecule has 4 heteroatoms. The van der Waals surface area contributed by atoms with Crippen molar-refractivity contribution in [3.63, 3.8) is 0 Å². The number of aliphatic hydroxyl groups is 2. The molecule has 3 N–H and O–H groups in total. The molecule has 184 valence electrons. The third-order valence-corrected chi connectivity index (χ3v) is 11.5. The van der Waals surface area contributed by atoms with Crippen molar-refractivity contribution in [1.29, 1.82) is 0 Å². The summed E-state index contributed by atoms with van der Waals surface area (Å²) in [6.45, 7) is 10.9. The van der Waals surface area contributed by atoms with Gasteiger partial charge in [0.2, 0.25) is 0 Å². The van der Waals surface area contributed by atoms with Gasteiger partial charge in [0.05, 0.1) is 11.5 Å². The quantitative estimate of drug-likeness (QED) is 0.467. The summed E-state index contributed by atoms with van der Waals surface area (Å²) >= 11 is 0. The summed E-state index contributed by atoms with van der Waals surface area (Å²) in [5.41, 5.74) is 0.353. The van der Waals surface area contributed by atoms with Crippen LogP contribution in [0.1, 0.15) is 105 Å². The zero-order valence-electron chi connectivity index (χ0n) is 21.1. The maximum Gasteiger partial charge on any atom is 0.309 e. The van der Waals surface area contributed by atoms with Gasteiger partial charge in [-0.2, -0.15) is 0 Å². The first-order chi connectivity index (χ1) is 15.0. The Morgan fingerprint density at radius 1 is 0.844 bits per heavy atom. The molecule has 5 rings (SSSR count). The second-order valence-electron chi connectivity index (χ2n) is 13.1. The Balaban J connectivity index is 0.000000567.